The number of hydrogen-bond donors (Lipinski definition) is 3. The standard InChI is InChI=1S/C13H16N2O5/c16-12(17)9-2-1-3-10(6-9)15-13(18)14-7-11-8-19-4-5-20-11/h1-3,6,11H,4-5,7-8H2,(H,16,17)(H2,14,15,18). The number of amides is 2. The fourth-order valence-electron chi connectivity index (χ4n) is 1.77. The first-order valence-electron chi connectivity index (χ1n) is 6.22. The van der Waals surface area contributed by atoms with E-state index in [2.05, 4.69) is 10.6 Å². The maximum absolute atomic E-state index is 11.7. The number of nitrogens with one attached hydrogen (secondary N) is 2. The molecule has 20 heavy (non-hydrogen) atoms. The number of carboxylic acids is 1. The second-order valence-electron chi connectivity index (χ2n) is 4.29. The van der Waals surface area contributed by atoms with Crippen LogP contribution in [-0.2, 0) is 9.47 Å². The lowest BCUT2D eigenvalue weighted by molar-refractivity contribution is -0.0852. The van der Waals surface area contributed by atoms with E-state index in [0.717, 1.165) is 0 Å². The predicted molar refractivity (Wildman–Crippen MR) is 71.0 cm³/mol. The highest BCUT2D eigenvalue weighted by molar-refractivity contribution is 5.93. The first kappa shape index (κ1) is 14.3. The Kier molecular flexibility index (Phi) is 4.91. The lowest BCUT2D eigenvalue weighted by Gasteiger charge is -2.23. The summed E-state index contributed by atoms with van der Waals surface area (Å²) in [6, 6.07) is 5.62. The number of rotatable bonds is 4. The van der Waals surface area contributed by atoms with Crippen LogP contribution in [0.25, 0.3) is 0 Å². The molecular formula is C13H16N2O5. The van der Waals surface area contributed by atoms with E-state index in [4.69, 9.17) is 14.6 Å². The summed E-state index contributed by atoms with van der Waals surface area (Å²) >= 11 is 0. The summed E-state index contributed by atoms with van der Waals surface area (Å²) in [5.74, 6) is -1.04. The molecule has 1 aliphatic heterocycles. The molecule has 7 nitrogen and oxygen atoms in total. The van der Waals surface area contributed by atoms with Gasteiger partial charge in [0, 0.05) is 12.2 Å². The summed E-state index contributed by atoms with van der Waals surface area (Å²) in [5, 5.41) is 14.1. The summed E-state index contributed by atoms with van der Waals surface area (Å²) < 4.78 is 10.6. The second kappa shape index (κ2) is 6.88. The largest absolute Gasteiger partial charge is 0.478 e. The molecule has 0 aromatic heterocycles. The maximum atomic E-state index is 11.7. The van der Waals surface area contributed by atoms with Gasteiger partial charge in [-0.1, -0.05) is 6.07 Å². The summed E-state index contributed by atoms with van der Waals surface area (Å²) in [5.41, 5.74) is 0.537. The highest BCUT2D eigenvalue weighted by Gasteiger charge is 2.15. The van der Waals surface area contributed by atoms with Gasteiger partial charge < -0.3 is 25.2 Å². The third-order valence-corrected chi connectivity index (χ3v) is 2.74. The number of anilines is 1. The van der Waals surface area contributed by atoms with E-state index in [9.17, 15) is 9.59 Å². The number of carbonyl (C=O) groups excluding carboxylic acids is 1. The van der Waals surface area contributed by atoms with Crippen molar-refractivity contribution < 1.29 is 24.2 Å². The quantitative estimate of drug-likeness (QED) is 0.762. The number of ether oxygens (including phenoxy) is 2. The van der Waals surface area contributed by atoms with E-state index in [0.29, 0.717) is 32.1 Å². The van der Waals surface area contributed by atoms with Gasteiger partial charge in [0.05, 0.1) is 31.5 Å². The minimum atomic E-state index is -1.04. The maximum Gasteiger partial charge on any atom is 0.335 e. The van der Waals surface area contributed by atoms with Gasteiger partial charge in [-0.05, 0) is 18.2 Å². The van der Waals surface area contributed by atoms with E-state index in [1.165, 1.54) is 12.1 Å². The average Bonchev–Trinajstić information content (AvgIpc) is 2.46. The van der Waals surface area contributed by atoms with Gasteiger partial charge in [0.15, 0.2) is 0 Å². The lowest BCUT2D eigenvalue weighted by Crippen LogP contribution is -2.41. The predicted octanol–water partition coefficient (Wildman–Crippen LogP) is 0.922. The summed E-state index contributed by atoms with van der Waals surface area (Å²) in [4.78, 5) is 22.5. The van der Waals surface area contributed by atoms with Crippen molar-refractivity contribution in [2.75, 3.05) is 31.7 Å². The third-order valence-electron chi connectivity index (χ3n) is 2.74. The van der Waals surface area contributed by atoms with Gasteiger partial charge in [0.1, 0.15) is 0 Å². The lowest BCUT2D eigenvalue weighted by atomic mass is 10.2. The molecule has 1 aliphatic rings. The molecule has 1 atom stereocenters. The molecule has 1 saturated heterocycles. The van der Waals surface area contributed by atoms with Crippen molar-refractivity contribution in [3.05, 3.63) is 29.8 Å². The van der Waals surface area contributed by atoms with Gasteiger partial charge in [-0.15, -0.1) is 0 Å². The molecule has 7 heteroatoms. The molecule has 108 valence electrons. The number of hydrogen-bond acceptors (Lipinski definition) is 4. The Hall–Kier alpha value is -2.12. The molecule has 1 aromatic rings. The molecule has 0 spiro atoms. The van der Waals surface area contributed by atoms with Crippen molar-refractivity contribution in [3.63, 3.8) is 0 Å². The van der Waals surface area contributed by atoms with E-state index < -0.39 is 12.0 Å². The molecule has 1 heterocycles. The second-order valence-corrected chi connectivity index (χ2v) is 4.29. The Morgan fingerprint density at radius 2 is 2.20 bits per heavy atom. The van der Waals surface area contributed by atoms with Crippen LogP contribution in [0.1, 0.15) is 10.4 Å². The van der Waals surface area contributed by atoms with Gasteiger partial charge in [-0.25, -0.2) is 9.59 Å². The van der Waals surface area contributed by atoms with E-state index in [-0.39, 0.29) is 11.7 Å². The van der Waals surface area contributed by atoms with Crippen LogP contribution in [0.3, 0.4) is 0 Å². The first-order valence-corrected chi connectivity index (χ1v) is 6.22. The number of urea groups is 1. The minimum Gasteiger partial charge on any atom is -0.478 e. The fraction of sp³-hybridized carbons (Fsp3) is 0.385. The molecule has 1 fully saturated rings. The molecule has 1 unspecified atom stereocenters. The summed E-state index contributed by atoms with van der Waals surface area (Å²) in [6.45, 7) is 1.89. The van der Waals surface area contributed by atoms with Gasteiger partial charge in [-0.2, -0.15) is 0 Å². The number of benzene rings is 1. The van der Waals surface area contributed by atoms with Crippen molar-refractivity contribution in [1.82, 2.24) is 5.32 Å². The molecule has 0 saturated carbocycles. The Morgan fingerprint density at radius 1 is 1.35 bits per heavy atom. The zero-order valence-corrected chi connectivity index (χ0v) is 10.8. The Morgan fingerprint density at radius 3 is 2.90 bits per heavy atom. The average molecular weight is 280 g/mol. The topological polar surface area (TPSA) is 96.9 Å². The highest BCUT2D eigenvalue weighted by atomic mass is 16.6. The molecule has 2 rings (SSSR count). The Labute approximate surface area is 115 Å². The van der Waals surface area contributed by atoms with Crippen LogP contribution >= 0.6 is 0 Å². The Balaban J connectivity index is 1.81. The molecule has 1 aromatic carbocycles. The molecular weight excluding hydrogens is 264 g/mol. The van der Waals surface area contributed by atoms with E-state index in [1.54, 1.807) is 12.1 Å². The zero-order chi connectivity index (χ0) is 14.4. The Bertz CT molecular complexity index is 485. The van der Waals surface area contributed by atoms with Crippen molar-refractivity contribution in [1.29, 1.82) is 0 Å². The van der Waals surface area contributed by atoms with Crippen molar-refractivity contribution in [2.24, 2.45) is 0 Å². The van der Waals surface area contributed by atoms with Crippen LogP contribution in [0.4, 0.5) is 10.5 Å². The van der Waals surface area contributed by atoms with Crippen LogP contribution in [0, 0.1) is 0 Å². The molecule has 0 bridgehead atoms. The van der Waals surface area contributed by atoms with E-state index in [1.807, 2.05) is 0 Å². The third kappa shape index (κ3) is 4.22. The fourth-order valence-corrected chi connectivity index (χ4v) is 1.77. The molecule has 3 N–H and O–H groups in total. The van der Waals surface area contributed by atoms with Crippen LogP contribution in [-0.4, -0.2) is 49.6 Å². The summed E-state index contributed by atoms with van der Waals surface area (Å²) in [7, 11) is 0. The summed E-state index contributed by atoms with van der Waals surface area (Å²) in [6.07, 6.45) is -0.153. The van der Waals surface area contributed by atoms with Crippen LogP contribution < -0.4 is 10.6 Å². The van der Waals surface area contributed by atoms with Crippen molar-refractivity contribution in [2.45, 2.75) is 6.10 Å². The van der Waals surface area contributed by atoms with Gasteiger partial charge in [0.25, 0.3) is 0 Å². The number of carboxylic acid groups (broad SMARTS) is 1. The normalized spacial score (nSPS) is 18.3. The van der Waals surface area contributed by atoms with Gasteiger partial charge >= 0.3 is 12.0 Å². The van der Waals surface area contributed by atoms with Crippen molar-refractivity contribution in [3.8, 4) is 0 Å². The minimum absolute atomic E-state index is 0.117. The highest BCUT2D eigenvalue weighted by Crippen LogP contribution is 2.10. The van der Waals surface area contributed by atoms with Crippen LogP contribution in [0.15, 0.2) is 24.3 Å². The SMILES string of the molecule is O=C(NCC1COCCO1)Nc1cccc(C(=O)O)c1. The van der Waals surface area contributed by atoms with Gasteiger partial charge in [0.2, 0.25) is 0 Å². The van der Waals surface area contributed by atoms with Crippen LogP contribution in [0.5, 0.6) is 0 Å². The van der Waals surface area contributed by atoms with Crippen molar-refractivity contribution >= 4 is 17.7 Å². The first-order chi connectivity index (χ1) is 9.65. The molecule has 0 aliphatic carbocycles. The zero-order valence-electron chi connectivity index (χ0n) is 10.8. The molecule has 2 amide bonds. The monoisotopic (exact) mass is 280 g/mol. The number of carbonyl (C=O) groups is 2. The van der Waals surface area contributed by atoms with Gasteiger partial charge in [-0.3, -0.25) is 0 Å². The van der Waals surface area contributed by atoms with Crippen LogP contribution in [0.2, 0.25) is 0 Å². The number of aromatic carboxylic acids is 1. The van der Waals surface area contributed by atoms with E-state index >= 15 is 0 Å². The smallest absolute Gasteiger partial charge is 0.335 e. The molecule has 0 radical (unpaired) electrons.